The van der Waals surface area contributed by atoms with Crippen LogP contribution in [0, 0.1) is 0 Å². The summed E-state index contributed by atoms with van der Waals surface area (Å²) >= 11 is 0. The van der Waals surface area contributed by atoms with Gasteiger partial charge in [0.15, 0.2) is 0 Å². The van der Waals surface area contributed by atoms with Gasteiger partial charge in [-0.05, 0) is 36.4 Å². The molecular formula is C18H21N9O3. The monoisotopic (exact) mass is 415 g/mol. The van der Waals surface area contributed by atoms with Gasteiger partial charge < -0.3 is 0 Å². The number of hydrogen-bond donors (Lipinski definition) is 6. The van der Waals surface area contributed by atoms with Crippen LogP contribution < -0.4 is 33.8 Å². The number of carbonyl (C=O) groups excluding carboxylic acids is 3. The van der Waals surface area contributed by atoms with Gasteiger partial charge in [-0.15, -0.1) is 0 Å². The Bertz CT molecular complexity index is 788. The highest BCUT2D eigenvalue weighted by atomic mass is 16.3. The van der Waals surface area contributed by atoms with Crippen molar-refractivity contribution in [1.82, 2.24) is 31.2 Å². The van der Waals surface area contributed by atoms with E-state index in [9.17, 15) is 14.4 Å². The summed E-state index contributed by atoms with van der Waals surface area (Å²) in [6.07, 6.45) is 9.19. The van der Waals surface area contributed by atoms with Crippen LogP contribution in [0.25, 0.3) is 0 Å². The van der Waals surface area contributed by atoms with Gasteiger partial charge in [-0.3, -0.25) is 45.6 Å². The Labute approximate surface area is 171 Å². The van der Waals surface area contributed by atoms with Crippen LogP contribution in [-0.4, -0.2) is 32.7 Å². The zero-order valence-electron chi connectivity index (χ0n) is 15.7. The van der Waals surface area contributed by atoms with Crippen molar-refractivity contribution < 1.29 is 14.4 Å². The lowest BCUT2D eigenvalue weighted by molar-refractivity contribution is 0.0945. The fourth-order valence-corrected chi connectivity index (χ4v) is 1.76. The minimum Gasteiger partial charge on any atom is -0.290 e. The fourth-order valence-electron chi connectivity index (χ4n) is 1.76. The Morgan fingerprint density at radius 2 is 0.700 bits per heavy atom. The maximum absolute atomic E-state index is 10.7. The lowest BCUT2D eigenvalue weighted by Crippen LogP contribution is -2.29. The Morgan fingerprint density at radius 1 is 0.500 bits per heavy atom. The first-order valence-corrected chi connectivity index (χ1v) is 8.26. The molecule has 0 fully saturated rings. The molecule has 12 heteroatoms. The summed E-state index contributed by atoms with van der Waals surface area (Å²) in [4.78, 5) is 43.5. The van der Waals surface area contributed by atoms with Crippen LogP contribution in [-0.2, 0) is 0 Å². The Morgan fingerprint density at radius 3 is 0.867 bits per heavy atom. The van der Waals surface area contributed by atoms with E-state index in [4.69, 9.17) is 17.5 Å². The molecule has 3 amide bonds. The Kier molecular flexibility index (Phi) is 11.0. The largest absolute Gasteiger partial charge is 0.290 e. The number of carbonyl (C=O) groups is 3. The minimum atomic E-state index is -0.303. The Balaban J connectivity index is 0.000000225. The van der Waals surface area contributed by atoms with Crippen molar-refractivity contribution in [3.8, 4) is 0 Å². The number of nitrogens with two attached hydrogens (primary N) is 3. The molecule has 156 valence electrons. The van der Waals surface area contributed by atoms with E-state index < -0.39 is 0 Å². The zero-order chi connectivity index (χ0) is 22.2. The summed E-state index contributed by atoms with van der Waals surface area (Å²) in [5.74, 6) is 13.7. The number of amides is 3. The van der Waals surface area contributed by atoms with Gasteiger partial charge >= 0.3 is 0 Å². The smallest absolute Gasteiger partial charge is 0.265 e. The molecule has 3 aromatic heterocycles. The van der Waals surface area contributed by atoms with Gasteiger partial charge in [0.25, 0.3) is 17.7 Å². The molecule has 0 bridgehead atoms. The molecule has 3 aromatic rings. The zero-order valence-corrected chi connectivity index (χ0v) is 15.7. The molecule has 0 saturated heterocycles. The number of nitrogens with one attached hydrogen (secondary N) is 3. The number of rotatable bonds is 3. The number of aromatic nitrogens is 3. The average Bonchev–Trinajstić information content (AvgIpc) is 2.85. The van der Waals surface area contributed by atoms with E-state index in [1.807, 2.05) is 16.3 Å². The number of hydrogen-bond acceptors (Lipinski definition) is 9. The van der Waals surface area contributed by atoms with E-state index in [1.165, 1.54) is 37.2 Å². The molecule has 0 saturated carbocycles. The van der Waals surface area contributed by atoms with Crippen LogP contribution in [0.5, 0.6) is 0 Å². The number of pyridine rings is 3. The second kappa shape index (κ2) is 13.8. The standard InChI is InChI=1S/3C6H7N3O/c3*7-9-6(10)5-1-3-8-4-2-5/h3*1-4H,7H2,(H,9,10)/i7+1,9+1;9+1;7+1. The van der Waals surface area contributed by atoms with Gasteiger partial charge in [0.2, 0.25) is 0 Å². The van der Waals surface area contributed by atoms with E-state index >= 15 is 0 Å². The maximum atomic E-state index is 10.7. The van der Waals surface area contributed by atoms with Gasteiger partial charge in [-0.2, -0.15) is 0 Å². The van der Waals surface area contributed by atoms with Crippen LogP contribution in [0.1, 0.15) is 31.1 Å². The summed E-state index contributed by atoms with van der Waals surface area (Å²) in [7, 11) is 0. The normalized spacial score (nSPS) is 8.90. The molecular weight excluding hydrogens is 394 g/mol. The van der Waals surface area contributed by atoms with Crippen LogP contribution in [0.3, 0.4) is 0 Å². The lowest BCUT2D eigenvalue weighted by atomic mass is 10.3. The third kappa shape index (κ3) is 8.62. The Hall–Kier alpha value is -4.26. The molecule has 0 aliphatic carbocycles. The third-order valence-corrected chi connectivity index (χ3v) is 3.22. The van der Waals surface area contributed by atoms with Crippen molar-refractivity contribution in [3.63, 3.8) is 0 Å². The highest BCUT2D eigenvalue weighted by molar-refractivity contribution is 5.94. The van der Waals surface area contributed by atoms with Crippen molar-refractivity contribution in [2.24, 2.45) is 17.5 Å². The molecule has 3 rings (SSSR count). The number of hydrazine groups is 3. The molecule has 0 atom stereocenters. The molecule has 0 aliphatic heterocycles. The lowest BCUT2D eigenvalue weighted by Gasteiger charge is -1.95. The molecule has 9 N–H and O–H groups in total. The summed E-state index contributed by atoms with van der Waals surface area (Å²) in [5, 5.41) is 0. The SMILES string of the molecule is N[15NH]C(=O)c1ccncc1.[15NH2]NC(=O)c1ccncc1.[15NH2][15NH]C(=O)c1ccncc1. The van der Waals surface area contributed by atoms with Gasteiger partial charge in [-0.25, -0.2) is 17.5 Å². The second-order valence-electron chi connectivity index (χ2n) is 5.13. The average molecular weight is 415 g/mol. The summed E-state index contributed by atoms with van der Waals surface area (Å²) < 4.78 is 0. The van der Waals surface area contributed by atoms with E-state index in [-0.39, 0.29) is 17.7 Å². The van der Waals surface area contributed by atoms with E-state index in [2.05, 4.69) is 15.0 Å². The first-order valence-electron chi connectivity index (χ1n) is 8.26. The van der Waals surface area contributed by atoms with Crippen molar-refractivity contribution >= 4 is 17.7 Å². The van der Waals surface area contributed by atoms with Crippen LogP contribution in [0.15, 0.2) is 73.6 Å². The molecule has 3 heterocycles. The highest BCUT2D eigenvalue weighted by Gasteiger charge is 2.00. The van der Waals surface area contributed by atoms with Crippen LogP contribution in [0.4, 0.5) is 0 Å². The summed E-state index contributed by atoms with van der Waals surface area (Å²) in [5.41, 5.74) is 7.58. The summed E-state index contributed by atoms with van der Waals surface area (Å²) in [6, 6.07) is 9.51. The van der Waals surface area contributed by atoms with E-state index in [0.29, 0.717) is 16.7 Å². The third-order valence-electron chi connectivity index (χ3n) is 3.22. The van der Waals surface area contributed by atoms with Gasteiger partial charge in [0, 0.05) is 53.9 Å². The molecule has 0 radical (unpaired) electrons. The van der Waals surface area contributed by atoms with E-state index in [1.54, 1.807) is 36.4 Å². The van der Waals surface area contributed by atoms with Crippen molar-refractivity contribution in [2.45, 2.75) is 0 Å². The summed E-state index contributed by atoms with van der Waals surface area (Å²) in [6.45, 7) is 0. The van der Waals surface area contributed by atoms with Gasteiger partial charge in [0.05, 0.1) is 0 Å². The first kappa shape index (κ1) is 23.8. The predicted molar refractivity (Wildman–Crippen MR) is 108 cm³/mol. The minimum absolute atomic E-state index is 0.303. The predicted octanol–water partition coefficient (Wildman–Crippen LogP) is -0.945. The topological polar surface area (TPSA) is 204 Å². The maximum Gasteiger partial charge on any atom is 0.265 e. The number of nitrogens with zero attached hydrogens (tertiary/aromatic N) is 3. The van der Waals surface area contributed by atoms with Crippen molar-refractivity contribution in [1.29, 1.82) is 0 Å². The van der Waals surface area contributed by atoms with Crippen LogP contribution >= 0.6 is 0 Å². The van der Waals surface area contributed by atoms with Crippen LogP contribution in [0.2, 0.25) is 0 Å². The fraction of sp³-hybridized carbons (Fsp3) is 0. The van der Waals surface area contributed by atoms with Gasteiger partial charge in [-0.1, -0.05) is 0 Å². The van der Waals surface area contributed by atoms with Crippen molar-refractivity contribution in [3.05, 3.63) is 90.3 Å². The molecule has 0 aromatic carbocycles. The number of nitrogen functional groups attached to an aromatic ring is 3. The van der Waals surface area contributed by atoms with Crippen molar-refractivity contribution in [2.75, 3.05) is 0 Å². The quantitative estimate of drug-likeness (QED) is 0.135. The molecule has 0 aliphatic rings. The highest BCUT2D eigenvalue weighted by Crippen LogP contribution is 1.94. The molecule has 0 spiro atoms. The van der Waals surface area contributed by atoms with E-state index in [0.717, 1.165) is 0 Å². The molecule has 12 nitrogen and oxygen atoms in total. The van der Waals surface area contributed by atoms with Gasteiger partial charge in [0.1, 0.15) is 0 Å². The second-order valence-corrected chi connectivity index (χ2v) is 5.13. The molecule has 0 unspecified atom stereocenters. The first-order chi connectivity index (χ1) is 14.5. The molecule has 30 heavy (non-hydrogen) atoms.